The molecule has 1 aromatic rings. The van der Waals surface area contributed by atoms with Crippen LogP contribution in [0.15, 0.2) is 24.3 Å². The maximum absolute atomic E-state index is 13.0. The minimum absolute atomic E-state index is 0.203. The molecule has 0 saturated heterocycles. The summed E-state index contributed by atoms with van der Waals surface area (Å²) < 4.78 is 4.71. The molecule has 2 aliphatic carbocycles. The third kappa shape index (κ3) is 1.89. The summed E-state index contributed by atoms with van der Waals surface area (Å²) in [7, 11) is 1.25. The van der Waals surface area contributed by atoms with Crippen LogP contribution in [0.25, 0.3) is 0 Å². The Morgan fingerprint density at radius 2 is 1.88 bits per heavy atom. The van der Waals surface area contributed by atoms with Gasteiger partial charge in [0.2, 0.25) is 17.5 Å². The van der Waals surface area contributed by atoms with Gasteiger partial charge in [-0.15, -0.1) is 0 Å². The van der Waals surface area contributed by atoms with E-state index in [0.29, 0.717) is 12.8 Å². The van der Waals surface area contributed by atoms with Gasteiger partial charge in [0, 0.05) is 5.92 Å². The number of Topliss-reactive ketones (excluding diaryl/α,β-unsaturated/α-hetero) is 2. The van der Waals surface area contributed by atoms with Crippen molar-refractivity contribution in [2.24, 2.45) is 16.7 Å². The fourth-order valence-electron chi connectivity index (χ4n) is 4.19. The second kappa shape index (κ2) is 5.26. The van der Waals surface area contributed by atoms with Crippen molar-refractivity contribution in [3.63, 3.8) is 0 Å². The minimum Gasteiger partial charge on any atom is -0.465 e. The highest BCUT2D eigenvalue weighted by atomic mass is 16.5. The third-order valence-electron chi connectivity index (χ3n) is 5.68. The van der Waals surface area contributed by atoms with Crippen LogP contribution in [-0.4, -0.2) is 30.6 Å². The predicted molar refractivity (Wildman–Crippen MR) is 85.4 cm³/mol. The van der Waals surface area contributed by atoms with Crippen molar-refractivity contribution in [2.45, 2.75) is 26.7 Å². The highest BCUT2D eigenvalue weighted by Crippen LogP contribution is 2.62. The molecule has 3 rings (SSSR count). The molecule has 2 atom stereocenters. The molecule has 1 amide bonds. The number of ketones is 2. The van der Waals surface area contributed by atoms with Gasteiger partial charge in [-0.3, -0.25) is 14.4 Å². The zero-order chi connectivity index (χ0) is 17.7. The fraction of sp³-hybridized carbons (Fsp3) is 0.444. The average Bonchev–Trinajstić information content (AvgIpc) is 2.91. The maximum Gasteiger partial charge on any atom is 0.339 e. The lowest BCUT2D eigenvalue weighted by Gasteiger charge is -2.34. The molecule has 2 bridgehead atoms. The molecule has 126 valence electrons. The lowest BCUT2D eigenvalue weighted by atomic mass is 9.68. The Labute approximate surface area is 139 Å². The summed E-state index contributed by atoms with van der Waals surface area (Å²) in [5.41, 5.74) is -1.62. The van der Waals surface area contributed by atoms with E-state index in [1.165, 1.54) is 13.2 Å². The van der Waals surface area contributed by atoms with Crippen molar-refractivity contribution in [1.82, 2.24) is 0 Å². The molecule has 2 saturated carbocycles. The van der Waals surface area contributed by atoms with Gasteiger partial charge in [0.05, 0.1) is 18.4 Å². The van der Waals surface area contributed by atoms with Gasteiger partial charge in [0.15, 0.2) is 0 Å². The van der Waals surface area contributed by atoms with Crippen LogP contribution in [0.2, 0.25) is 0 Å². The Kier molecular flexibility index (Phi) is 3.59. The number of methoxy groups -OCH3 is 1. The van der Waals surface area contributed by atoms with Gasteiger partial charge >= 0.3 is 5.97 Å². The molecule has 0 radical (unpaired) electrons. The van der Waals surface area contributed by atoms with Crippen LogP contribution in [-0.2, 0) is 19.1 Å². The molecular formula is C18H19NO5. The first-order valence-corrected chi connectivity index (χ1v) is 7.85. The summed E-state index contributed by atoms with van der Waals surface area (Å²) in [6.45, 7) is 3.58. The second-order valence-electron chi connectivity index (χ2n) is 6.90. The normalized spacial score (nSPS) is 27.2. The second-order valence-corrected chi connectivity index (χ2v) is 6.90. The molecule has 0 aliphatic heterocycles. The summed E-state index contributed by atoms with van der Waals surface area (Å²) in [5, 5.41) is 2.68. The molecule has 1 aromatic carbocycles. The van der Waals surface area contributed by atoms with E-state index in [2.05, 4.69) is 5.32 Å². The van der Waals surface area contributed by atoms with Gasteiger partial charge in [0.25, 0.3) is 0 Å². The van der Waals surface area contributed by atoms with Crippen molar-refractivity contribution in [3.05, 3.63) is 29.8 Å². The lowest BCUT2D eigenvalue weighted by molar-refractivity contribution is -0.147. The van der Waals surface area contributed by atoms with E-state index in [4.69, 9.17) is 4.74 Å². The standard InChI is InChI=1S/C18H19NO5/c1-17(2)11-8-9-18(17,14(21)13(11)20)16(23)19-12-7-5-4-6-10(12)15(22)24-3/h4-7,11H,8-9H2,1-3H3,(H,19,23). The minimum atomic E-state index is -1.36. The molecule has 0 spiro atoms. The maximum atomic E-state index is 13.0. The van der Waals surface area contributed by atoms with Crippen LogP contribution in [0.3, 0.4) is 0 Å². The largest absolute Gasteiger partial charge is 0.465 e. The summed E-state index contributed by atoms with van der Waals surface area (Å²) in [4.78, 5) is 49.5. The highest BCUT2D eigenvalue weighted by Gasteiger charge is 2.72. The summed E-state index contributed by atoms with van der Waals surface area (Å²) in [5.74, 6) is -2.59. The predicted octanol–water partition coefficient (Wildman–Crippen LogP) is 1.99. The number of ether oxygens (including phenoxy) is 1. The number of amides is 1. The number of nitrogens with one attached hydrogen (secondary N) is 1. The van der Waals surface area contributed by atoms with E-state index in [1.54, 1.807) is 32.0 Å². The number of rotatable bonds is 3. The quantitative estimate of drug-likeness (QED) is 0.520. The zero-order valence-corrected chi connectivity index (χ0v) is 13.8. The van der Waals surface area contributed by atoms with Gasteiger partial charge in [-0.1, -0.05) is 26.0 Å². The molecule has 0 aromatic heterocycles. The molecule has 6 heteroatoms. The highest BCUT2D eigenvalue weighted by molar-refractivity contribution is 6.48. The molecule has 0 heterocycles. The van der Waals surface area contributed by atoms with Crippen molar-refractivity contribution in [1.29, 1.82) is 0 Å². The number of carbonyl (C=O) groups excluding carboxylic acids is 4. The number of fused-ring (bicyclic) bond motifs is 2. The van der Waals surface area contributed by atoms with E-state index in [-0.39, 0.29) is 11.3 Å². The number of esters is 1. The van der Waals surface area contributed by atoms with Crippen molar-refractivity contribution in [2.75, 3.05) is 12.4 Å². The fourth-order valence-corrected chi connectivity index (χ4v) is 4.19. The van der Waals surface area contributed by atoms with Crippen LogP contribution in [0.5, 0.6) is 0 Å². The van der Waals surface area contributed by atoms with E-state index in [0.717, 1.165) is 0 Å². The molecular weight excluding hydrogens is 310 g/mol. The van der Waals surface area contributed by atoms with Crippen LogP contribution >= 0.6 is 0 Å². The molecule has 2 fully saturated rings. The van der Waals surface area contributed by atoms with Crippen molar-refractivity contribution >= 4 is 29.1 Å². The first-order chi connectivity index (χ1) is 11.3. The number of para-hydroxylation sites is 1. The first kappa shape index (κ1) is 16.4. The Morgan fingerprint density at radius 3 is 2.46 bits per heavy atom. The Hall–Kier alpha value is -2.50. The third-order valence-corrected chi connectivity index (χ3v) is 5.68. The van der Waals surface area contributed by atoms with Gasteiger partial charge in [-0.25, -0.2) is 4.79 Å². The smallest absolute Gasteiger partial charge is 0.339 e. The SMILES string of the molecule is COC(=O)c1ccccc1NC(=O)C12CCC(C(=O)C1=O)C2(C)C. The Morgan fingerprint density at radius 1 is 1.21 bits per heavy atom. The van der Waals surface area contributed by atoms with E-state index in [1.807, 2.05) is 0 Å². The zero-order valence-electron chi connectivity index (χ0n) is 13.8. The monoisotopic (exact) mass is 329 g/mol. The Bertz CT molecular complexity index is 766. The van der Waals surface area contributed by atoms with Crippen LogP contribution in [0.1, 0.15) is 37.0 Å². The average molecular weight is 329 g/mol. The number of hydrogen-bond acceptors (Lipinski definition) is 5. The van der Waals surface area contributed by atoms with Gasteiger partial charge in [-0.2, -0.15) is 0 Å². The van der Waals surface area contributed by atoms with E-state index >= 15 is 0 Å². The van der Waals surface area contributed by atoms with Crippen LogP contribution < -0.4 is 5.32 Å². The van der Waals surface area contributed by atoms with E-state index in [9.17, 15) is 19.2 Å². The first-order valence-electron chi connectivity index (χ1n) is 7.85. The molecule has 2 unspecified atom stereocenters. The topological polar surface area (TPSA) is 89.5 Å². The number of carbonyl (C=O) groups is 4. The summed E-state index contributed by atoms with van der Waals surface area (Å²) >= 11 is 0. The lowest BCUT2D eigenvalue weighted by Crippen LogP contribution is -2.47. The van der Waals surface area contributed by atoms with E-state index < -0.39 is 40.2 Å². The van der Waals surface area contributed by atoms with Gasteiger partial charge in [0.1, 0.15) is 5.41 Å². The Balaban J connectivity index is 1.98. The molecule has 1 N–H and O–H groups in total. The van der Waals surface area contributed by atoms with Crippen molar-refractivity contribution < 1.29 is 23.9 Å². The molecule has 2 aliphatic rings. The number of hydrogen-bond donors (Lipinski definition) is 1. The van der Waals surface area contributed by atoms with Gasteiger partial charge in [-0.05, 0) is 30.4 Å². The summed E-state index contributed by atoms with van der Waals surface area (Å²) in [6, 6.07) is 6.43. The van der Waals surface area contributed by atoms with Crippen molar-refractivity contribution in [3.8, 4) is 0 Å². The summed E-state index contributed by atoms with van der Waals surface area (Å²) in [6.07, 6.45) is 0.880. The molecule has 24 heavy (non-hydrogen) atoms. The van der Waals surface area contributed by atoms with Crippen LogP contribution in [0, 0.1) is 16.7 Å². The number of benzene rings is 1. The number of anilines is 1. The van der Waals surface area contributed by atoms with Gasteiger partial charge < -0.3 is 10.1 Å². The molecule has 6 nitrogen and oxygen atoms in total. The van der Waals surface area contributed by atoms with Crippen LogP contribution in [0.4, 0.5) is 5.69 Å².